The average Bonchev–Trinajstić information content (AvgIpc) is 1.61. The topological polar surface area (TPSA) is 321 Å². The molecule has 0 bridgehead atoms. The summed E-state index contributed by atoms with van der Waals surface area (Å²) in [6.45, 7) is 19.1. The van der Waals surface area contributed by atoms with Crippen LogP contribution >= 0.6 is 0 Å². The van der Waals surface area contributed by atoms with Crippen LogP contribution in [-0.4, -0.2) is 214 Å². The molecule has 9 aliphatic heterocycles. The van der Waals surface area contributed by atoms with Crippen LogP contribution in [0, 0.1) is 11.8 Å². The van der Waals surface area contributed by atoms with E-state index in [4.69, 9.17) is 47.8 Å². The third-order valence-corrected chi connectivity index (χ3v) is 18.9. The average molecular weight is 1310 g/mol. The van der Waals surface area contributed by atoms with Crippen molar-refractivity contribution in [1.82, 2.24) is 25.5 Å². The molecule has 25 heteroatoms. The van der Waals surface area contributed by atoms with E-state index in [0.29, 0.717) is 63.7 Å². The second-order valence-corrected chi connectivity index (χ2v) is 26.8. The molecule has 18 atom stereocenters. The van der Waals surface area contributed by atoms with Crippen LogP contribution in [0.15, 0.2) is 71.9 Å². The number of imide groups is 1. The Hall–Kier alpha value is -6.32. The highest BCUT2D eigenvalue weighted by atomic mass is 16.7. The number of carboxylic acid groups (broad SMARTS) is 1. The van der Waals surface area contributed by atoms with Crippen molar-refractivity contribution in [2.75, 3.05) is 39.4 Å². The molecule has 0 unspecified atom stereocenters. The quantitative estimate of drug-likeness (QED) is 0.0353. The van der Waals surface area contributed by atoms with E-state index in [1.807, 2.05) is 39.8 Å². The number of rotatable bonds is 21. The van der Waals surface area contributed by atoms with Gasteiger partial charge in [0, 0.05) is 64.0 Å². The number of carboxylic acids is 1. The Morgan fingerprint density at radius 1 is 0.602 bits per heavy atom. The fourth-order valence-corrected chi connectivity index (χ4v) is 13.0. The number of nitrogens with zero attached hydrogens (tertiary/aromatic N) is 3. The minimum atomic E-state index is -0.939. The van der Waals surface area contributed by atoms with Gasteiger partial charge in [0.15, 0.2) is 0 Å². The predicted octanol–water partition coefficient (Wildman–Crippen LogP) is 6.54. The highest BCUT2D eigenvalue weighted by Gasteiger charge is 2.60. The van der Waals surface area contributed by atoms with Gasteiger partial charge in [-0.1, -0.05) is 61.4 Å². The Kier molecular flexibility index (Phi) is 26.0. The van der Waals surface area contributed by atoms with E-state index in [2.05, 4.69) is 36.6 Å². The minimum Gasteiger partial charge on any atom is -0.481 e. The summed E-state index contributed by atoms with van der Waals surface area (Å²) in [6.07, 6.45) is 20.3. The molecule has 9 fully saturated rings. The van der Waals surface area contributed by atoms with Gasteiger partial charge in [-0.2, -0.15) is 0 Å². The van der Waals surface area contributed by atoms with Gasteiger partial charge in [0.2, 0.25) is 11.8 Å². The van der Waals surface area contributed by atoms with E-state index < -0.39 is 83.8 Å². The Labute approximate surface area is 545 Å². The van der Waals surface area contributed by atoms with Gasteiger partial charge in [-0.05, 0) is 130 Å². The first-order chi connectivity index (χ1) is 44.3. The molecule has 0 saturated carbocycles. The normalized spacial score (nSPS) is 34.8. The molecule has 9 heterocycles. The van der Waals surface area contributed by atoms with Gasteiger partial charge in [-0.15, -0.1) is 5.06 Å². The van der Waals surface area contributed by atoms with Crippen LogP contribution in [0.5, 0.6) is 0 Å². The molecule has 0 radical (unpaired) electrons. The van der Waals surface area contributed by atoms with Gasteiger partial charge < -0.3 is 78.5 Å². The van der Waals surface area contributed by atoms with Crippen molar-refractivity contribution >= 4 is 47.8 Å². The van der Waals surface area contributed by atoms with Gasteiger partial charge >= 0.3 is 24.1 Å². The smallest absolute Gasteiger partial charge is 0.410 e. The maximum absolute atomic E-state index is 12.7. The third-order valence-electron chi connectivity index (χ3n) is 18.9. The summed E-state index contributed by atoms with van der Waals surface area (Å²) >= 11 is 0. The highest BCUT2D eigenvalue weighted by Crippen LogP contribution is 2.45. The van der Waals surface area contributed by atoms with Gasteiger partial charge in [-0.3, -0.25) is 24.0 Å². The number of amides is 6. The number of hydrogen-bond acceptors (Lipinski definition) is 19. The van der Waals surface area contributed by atoms with Crippen LogP contribution in [-0.2, 0) is 71.5 Å². The number of likely N-dealkylation sites (tertiary alicyclic amines) is 2. The van der Waals surface area contributed by atoms with Crippen molar-refractivity contribution < 1.29 is 96.4 Å². The molecule has 6 amide bonds. The van der Waals surface area contributed by atoms with E-state index in [1.54, 1.807) is 48.0 Å². The first-order valence-corrected chi connectivity index (χ1v) is 33.4. The molecule has 0 aromatic carbocycles. The Morgan fingerprint density at radius 2 is 1.00 bits per heavy atom. The van der Waals surface area contributed by atoms with Crippen molar-refractivity contribution in [3.05, 3.63) is 71.9 Å². The standard InChI is InChI=1S/C36H51N3O11.C32H48N2O9/c1-22(9-12-29-34(44)36(21-46-36)20-26(49-29)19-33(43)50-39-31(41)14-15-32(39)42)8-11-28-23(2)18-27(25(4)48-28)37-30(40)13-10-24(3)47-35(45)38-16-6-5-7-17-38;1-20(9-12-27-30(38)32(19-40-32)18-24(43-27)17-29(36)37)8-11-26-21(2)16-25(23(4)42-26)33-28(35)13-10-22(3)41-31(39)34-14-6-5-7-15-34/h8-10,12-13,23-29,34,44H,5-7,11,14-21H2,1-4H3,(H,37,40);8-10,12-13,21-27,30,38H,5-7,11,14-19H2,1-4H3,(H,33,35)(H,36,37)/b12-9+,13-10-,22-8+;12-9+,13-10-,20-8+/t23-,24-,25+,26+,27+,28-,29+,34+,36+;21-,22-,23+,24+,25+,26-,27+,30+,32+/m00/s1. The predicted molar refractivity (Wildman–Crippen MR) is 336 cm³/mol. The minimum absolute atomic E-state index is 0.0109. The fourth-order valence-electron chi connectivity index (χ4n) is 13.0. The summed E-state index contributed by atoms with van der Waals surface area (Å²) in [5, 5.41) is 37.4. The van der Waals surface area contributed by atoms with Crippen molar-refractivity contribution in [1.29, 1.82) is 0 Å². The first-order valence-electron chi connectivity index (χ1n) is 33.4. The third kappa shape index (κ3) is 21.1. The molecule has 516 valence electrons. The molecule has 5 N–H and O–H groups in total. The van der Waals surface area contributed by atoms with Gasteiger partial charge in [0.1, 0.15) is 47.8 Å². The summed E-state index contributed by atoms with van der Waals surface area (Å²) in [5.74, 6) is -2.95. The Balaban J connectivity index is 0.000000242. The molecule has 9 aliphatic rings. The van der Waals surface area contributed by atoms with Crippen LogP contribution in [0.3, 0.4) is 0 Å². The van der Waals surface area contributed by atoms with E-state index in [0.717, 1.165) is 62.5 Å². The number of aliphatic hydroxyl groups excluding tert-OH is 2. The van der Waals surface area contributed by atoms with Crippen molar-refractivity contribution in [2.45, 2.75) is 255 Å². The van der Waals surface area contributed by atoms with Crippen LogP contribution in [0.4, 0.5) is 9.59 Å². The number of allylic oxidation sites excluding steroid dienone is 4. The van der Waals surface area contributed by atoms with Crippen molar-refractivity contribution in [2.24, 2.45) is 11.8 Å². The number of hydroxylamine groups is 2. The van der Waals surface area contributed by atoms with E-state index in [-0.39, 0.29) is 104 Å². The lowest BCUT2D eigenvalue weighted by Gasteiger charge is -2.39. The lowest BCUT2D eigenvalue weighted by molar-refractivity contribution is -0.202. The number of piperidine rings is 2. The van der Waals surface area contributed by atoms with E-state index in [1.165, 1.54) is 12.2 Å². The summed E-state index contributed by atoms with van der Waals surface area (Å²) in [6, 6.07) is -0.307. The molecule has 2 spiro atoms. The number of carbonyl (C=O) groups is 8. The van der Waals surface area contributed by atoms with E-state index in [9.17, 15) is 48.6 Å². The number of epoxide rings is 2. The zero-order valence-corrected chi connectivity index (χ0v) is 55.2. The number of nitrogens with one attached hydrogen (secondary N) is 2. The monoisotopic (exact) mass is 1310 g/mol. The summed E-state index contributed by atoms with van der Waals surface area (Å²) < 4.78 is 46.5. The summed E-state index contributed by atoms with van der Waals surface area (Å²) in [7, 11) is 0. The fraction of sp³-hybridized carbons (Fsp3) is 0.706. The number of aliphatic hydroxyl groups is 2. The Bertz CT molecular complexity index is 2800. The van der Waals surface area contributed by atoms with Crippen molar-refractivity contribution in [3.63, 3.8) is 0 Å². The van der Waals surface area contributed by atoms with E-state index >= 15 is 0 Å². The Morgan fingerprint density at radius 3 is 1.39 bits per heavy atom. The van der Waals surface area contributed by atoms with Gasteiger partial charge in [-0.25, -0.2) is 14.4 Å². The molecular weight excluding hydrogens is 1210 g/mol. The van der Waals surface area contributed by atoms with Crippen LogP contribution < -0.4 is 10.6 Å². The van der Waals surface area contributed by atoms with Crippen molar-refractivity contribution in [3.8, 4) is 0 Å². The lowest BCUT2D eigenvalue weighted by Crippen LogP contribution is -2.50. The molecule has 9 saturated heterocycles. The summed E-state index contributed by atoms with van der Waals surface area (Å²) in [5.41, 5.74) is 0.391. The zero-order chi connectivity index (χ0) is 67.1. The van der Waals surface area contributed by atoms with Crippen LogP contribution in [0.1, 0.15) is 158 Å². The maximum atomic E-state index is 12.7. The second kappa shape index (κ2) is 33.4. The van der Waals surface area contributed by atoms with Crippen LogP contribution in [0.25, 0.3) is 0 Å². The first kappa shape index (κ1) is 72.5. The molecule has 0 aromatic heterocycles. The molecule has 93 heavy (non-hydrogen) atoms. The number of ether oxygens (including phenoxy) is 8. The number of hydrogen-bond donors (Lipinski definition) is 5. The van der Waals surface area contributed by atoms with Gasteiger partial charge in [0.25, 0.3) is 11.8 Å². The lowest BCUT2D eigenvalue weighted by atomic mass is 9.87. The molecule has 0 aliphatic carbocycles. The van der Waals surface area contributed by atoms with Crippen LogP contribution in [0.2, 0.25) is 0 Å². The molecule has 25 nitrogen and oxygen atoms in total. The summed E-state index contributed by atoms with van der Waals surface area (Å²) in [4.78, 5) is 106. The SMILES string of the molecule is CC(/C=C/[C@H]1O[C@H](CC(=O)O)C[C@@]2(CO2)[C@@H]1O)=C\C[C@@H]1O[C@H](C)[C@H](NC(=O)/C=C\[C@H](C)OC(=O)N2CCCCC2)C[C@@H]1C.CC(/C=C/[C@H]1O[C@H](CC(=O)ON2C(=O)CCC2=O)C[C@@]2(CO2)[C@@H]1O)=C\C[C@@H]1O[C@H](C)[C@H](NC(=O)/C=C\[C@H](C)OC(=O)N2CCCCC2)C[C@@H]1C. The maximum Gasteiger partial charge on any atom is 0.410 e. The number of aliphatic carboxylic acids is 1. The second-order valence-electron chi connectivity index (χ2n) is 26.8. The molecule has 9 rings (SSSR count). The highest BCUT2D eigenvalue weighted by molar-refractivity contribution is 6.01. The zero-order valence-electron chi connectivity index (χ0n) is 55.2. The molecule has 0 aromatic rings. The number of carbonyl (C=O) groups excluding carboxylic acids is 7. The largest absolute Gasteiger partial charge is 0.481 e. The molecular formula is C68H99N5O20. The van der Waals surface area contributed by atoms with Gasteiger partial charge in [0.05, 0.1) is 74.8 Å².